The summed E-state index contributed by atoms with van der Waals surface area (Å²) in [7, 11) is 0. The molecule has 3 aromatic rings. The molecule has 0 spiro atoms. The molecule has 35 heavy (non-hydrogen) atoms. The van der Waals surface area contributed by atoms with Gasteiger partial charge in [0.05, 0.1) is 0 Å². The third-order valence-electron chi connectivity index (χ3n) is 5.74. The molecular formula is C26H23F2N3O3S. The molecule has 9 heteroatoms. The van der Waals surface area contributed by atoms with E-state index in [4.69, 9.17) is 0 Å². The molecule has 6 nitrogen and oxygen atoms in total. The Hall–Kier alpha value is -3.72. The van der Waals surface area contributed by atoms with E-state index in [1.54, 1.807) is 24.3 Å². The number of hydrogen-bond acceptors (Lipinski definition) is 4. The quantitative estimate of drug-likeness (QED) is 0.355. The van der Waals surface area contributed by atoms with Crippen molar-refractivity contribution in [3.05, 3.63) is 95.1 Å². The van der Waals surface area contributed by atoms with E-state index in [1.165, 1.54) is 24.3 Å². The van der Waals surface area contributed by atoms with Gasteiger partial charge in [-0.25, -0.2) is 4.79 Å². The number of benzene rings is 3. The zero-order valence-corrected chi connectivity index (χ0v) is 19.9. The molecule has 0 aliphatic carbocycles. The van der Waals surface area contributed by atoms with Crippen LogP contribution < -0.4 is 10.6 Å². The van der Waals surface area contributed by atoms with E-state index >= 15 is 0 Å². The Morgan fingerprint density at radius 2 is 1.43 bits per heavy atom. The molecule has 0 saturated carbocycles. The Labute approximate surface area is 205 Å². The van der Waals surface area contributed by atoms with Gasteiger partial charge >= 0.3 is 6.03 Å². The summed E-state index contributed by atoms with van der Waals surface area (Å²) in [5.74, 6) is -3.70. The number of halogens is 2. The van der Waals surface area contributed by atoms with Crippen molar-refractivity contribution in [2.45, 2.75) is 30.0 Å². The molecule has 0 atom stereocenters. The van der Waals surface area contributed by atoms with Crippen molar-refractivity contribution in [1.82, 2.24) is 10.2 Å². The van der Waals surface area contributed by atoms with Crippen LogP contribution in [0.15, 0.2) is 77.7 Å². The Balaban J connectivity index is 1.58. The Bertz CT molecular complexity index is 1200. The van der Waals surface area contributed by atoms with Crippen LogP contribution in [0.1, 0.15) is 22.3 Å². The fraction of sp³-hybridized carbons (Fsp3) is 0.192. The third-order valence-corrected chi connectivity index (χ3v) is 6.46. The van der Waals surface area contributed by atoms with Crippen molar-refractivity contribution in [1.29, 1.82) is 0 Å². The Morgan fingerprint density at radius 3 is 1.91 bits per heavy atom. The number of alkyl halides is 2. The normalized spacial score (nSPS) is 14.8. The van der Waals surface area contributed by atoms with Gasteiger partial charge in [-0.05, 0) is 49.2 Å². The van der Waals surface area contributed by atoms with Crippen LogP contribution in [0.25, 0.3) is 0 Å². The highest BCUT2D eigenvalue weighted by Gasteiger charge is 2.54. The first-order valence-corrected chi connectivity index (χ1v) is 11.7. The highest BCUT2D eigenvalue weighted by molar-refractivity contribution is 7.99. The number of nitrogens with zero attached hydrogens (tertiary/aromatic N) is 1. The van der Waals surface area contributed by atoms with Crippen molar-refractivity contribution < 1.29 is 23.2 Å². The number of imide groups is 1. The van der Waals surface area contributed by atoms with Crippen molar-refractivity contribution >= 4 is 35.3 Å². The minimum Gasteiger partial charge on any atom is -0.325 e. The lowest BCUT2D eigenvalue weighted by atomic mass is 9.82. The second-order valence-corrected chi connectivity index (χ2v) is 9.32. The fourth-order valence-corrected chi connectivity index (χ4v) is 4.45. The molecule has 180 valence electrons. The van der Waals surface area contributed by atoms with Crippen molar-refractivity contribution in [2.24, 2.45) is 0 Å². The first-order chi connectivity index (χ1) is 16.7. The van der Waals surface area contributed by atoms with Gasteiger partial charge in [0, 0.05) is 10.6 Å². The summed E-state index contributed by atoms with van der Waals surface area (Å²) in [5.41, 5.74) is 2.06. The molecule has 4 rings (SSSR count). The van der Waals surface area contributed by atoms with Crippen LogP contribution in [-0.4, -0.2) is 35.0 Å². The highest BCUT2D eigenvalue weighted by atomic mass is 32.2. The van der Waals surface area contributed by atoms with Gasteiger partial charge in [0.1, 0.15) is 6.54 Å². The van der Waals surface area contributed by atoms with Crippen molar-refractivity contribution in [2.75, 3.05) is 11.9 Å². The van der Waals surface area contributed by atoms with Gasteiger partial charge in [0.15, 0.2) is 5.54 Å². The van der Waals surface area contributed by atoms with E-state index in [2.05, 4.69) is 10.6 Å². The van der Waals surface area contributed by atoms with Crippen LogP contribution >= 0.6 is 11.8 Å². The number of thioether (sulfide) groups is 1. The molecule has 1 heterocycles. The summed E-state index contributed by atoms with van der Waals surface area (Å²) in [6, 6.07) is 19.8. The zero-order chi connectivity index (χ0) is 25.2. The second-order valence-electron chi connectivity index (χ2n) is 8.25. The lowest BCUT2D eigenvalue weighted by molar-refractivity contribution is -0.133. The molecule has 1 aliphatic heterocycles. The predicted molar refractivity (Wildman–Crippen MR) is 130 cm³/mol. The van der Waals surface area contributed by atoms with Gasteiger partial charge in [-0.3, -0.25) is 14.5 Å². The van der Waals surface area contributed by atoms with E-state index in [0.717, 1.165) is 16.0 Å². The molecule has 1 aliphatic rings. The number of aryl methyl sites for hydroxylation is 2. The maximum absolute atomic E-state index is 13.7. The van der Waals surface area contributed by atoms with Gasteiger partial charge in [-0.2, -0.15) is 8.78 Å². The lowest BCUT2D eigenvalue weighted by Crippen LogP contribution is -2.45. The fourth-order valence-electron chi connectivity index (χ4n) is 3.95. The van der Waals surface area contributed by atoms with E-state index in [9.17, 15) is 23.2 Å². The number of anilines is 1. The molecule has 4 amide bonds. The lowest BCUT2D eigenvalue weighted by Gasteiger charge is -2.28. The zero-order valence-electron chi connectivity index (χ0n) is 19.0. The molecular weight excluding hydrogens is 472 g/mol. The number of hydrogen-bond donors (Lipinski definition) is 2. The molecule has 3 aromatic carbocycles. The largest absolute Gasteiger partial charge is 0.326 e. The average molecular weight is 496 g/mol. The second kappa shape index (κ2) is 9.87. The minimum atomic E-state index is -2.54. The Morgan fingerprint density at radius 1 is 0.914 bits per heavy atom. The van der Waals surface area contributed by atoms with Crippen LogP contribution in [0.2, 0.25) is 0 Å². The summed E-state index contributed by atoms with van der Waals surface area (Å²) in [6.07, 6.45) is 0. The van der Waals surface area contributed by atoms with Gasteiger partial charge in [0.2, 0.25) is 5.91 Å². The highest BCUT2D eigenvalue weighted by Crippen LogP contribution is 2.36. The maximum Gasteiger partial charge on any atom is 0.326 e. The van der Waals surface area contributed by atoms with E-state index in [-0.39, 0.29) is 0 Å². The number of urea groups is 1. The molecule has 2 N–H and O–H groups in total. The Kier molecular flexibility index (Phi) is 6.88. The van der Waals surface area contributed by atoms with Crippen LogP contribution in [0.3, 0.4) is 0 Å². The SMILES string of the molecule is Cc1ccc(C2(c3ccc(C)cc3)NC(=O)N(CC(=O)Nc3ccc(SC(F)F)cc3)C2=O)cc1. The molecule has 1 saturated heterocycles. The first-order valence-electron chi connectivity index (χ1n) is 10.8. The number of amides is 4. The summed E-state index contributed by atoms with van der Waals surface area (Å²) in [5, 5.41) is 5.42. The van der Waals surface area contributed by atoms with Crippen molar-refractivity contribution in [3.63, 3.8) is 0 Å². The first kappa shape index (κ1) is 24.4. The van der Waals surface area contributed by atoms with E-state index in [0.29, 0.717) is 33.5 Å². The number of carbonyl (C=O) groups is 3. The number of nitrogens with one attached hydrogen (secondary N) is 2. The van der Waals surface area contributed by atoms with Gasteiger partial charge in [-0.15, -0.1) is 0 Å². The third kappa shape index (κ3) is 5.05. The summed E-state index contributed by atoms with van der Waals surface area (Å²) in [4.78, 5) is 40.6. The van der Waals surface area contributed by atoms with Crippen LogP contribution in [-0.2, 0) is 15.1 Å². The average Bonchev–Trinajstić information content (AvgIpc) is 3.06. The standard InChI is InChI=1S/C26H23F2N3O3S/c1-16-3-7-18(8-4-16)26(19-9-5-17(2)6-10-19)23(33)31(25(34)30-26)15-22(32)29-20-11-13-21(14-12-20)35-24(27)28/h3-14,24H,15H2,1-2H3,(H,29,32)(H,30,34). The number of rotatable bonds is 7. The molecule has 0 radical (unpaired) electrons. The van der Waals surface area contributed by atoms with E-state index < -0.39 is 35.7 Å². The van der Waals surface area contributed by atoms with Crippen LogP contribution in [0, 0.1) is 13.8 Å². The van der Waals surface area contributed by atoms with Gasteiger partial charge in [0.25, 0.3) is 11.7 Å². The summed E-state index contributed by atoms with van der Waals surface area (Å²) < 4.78 is 25.0. The number of carbonyl (C=O) groups excluding carboxylic acids is 3. The molecule has 1 fully saturated rings. The van der Waals surface area contributed by atoms with Gasteiger partial charge < -0.3 is 10.6 Å². The van der Waals surface area contributed by atoms with Crippen LogP contribution in [0.4, 0.5) is 19.3 Å². The summed E-state index contributed by atoms with van der Waals surface area (Å²) in [6.45, 7) is 3.34. The van der Waals surface area contributed by atoms with Crippen molar-refractivity contribution in [3.8, 4) is 0 Å². The summed E-state index contributed by atoms with van der Waals surface area (Å²) >= 11 is 0.398. The molecule has 0 unspecified atom stereocenters. The maximum atomic E-state index is 13.7. The topological polar surface area (TPSA) is 78.5 Å². The minimum absolute atomic E-state index is 0.355. The smallest absolute Gasteiger partial charge is 0.325 e. The van der Waals surface area contributed by atoms with E-state index in [1.807, 2.05) is 38.1 Å². The molecule has 0 aromatic heterocycles. The monoisotopic (exact) mass is 495 g/mol. The van der Waals surface area contributed by atoms with Gasteiger partial charge in [-0.1, -0.05) is 71.4 Å². The predicted octanol–water partition coefficient (Wildman–Crippen LogP) is 5.05. The molecule has 0 bridgehead atoms. The van der Waals surface area contributed by atoms with Crippen LogP contribution in [0.5, 0.6) is 0 Å².